The Morgan fingerprint density at radius 2 is 1.87 bits per heavy atom. The Morgan fingerprint density at radius 3 is 2.60 bits per heavy atom. The second-order valence-electron chi connectivity index (χ2n) is 7.62. The molecule has 1 saturated heterocycles. The molecule has 1 aliphatic heterocycles. The average molecular weight is 448 g/mol. The maximum absolute atomic E-state index is 12.8. The lowest BCUT2D eigenvalue weighted by Crippen LogP contribution is -2.30. The fourth-order valence-corrected chi connectivity index (χ4v) is 3.63. The van der Waals surface area contributed by atoms with Crippen molar-refractivity contribution in [1.29, 1.82) is 0 Å². The maximum Gasteiger partial charge on any atom is 0.253 e. The van der Waals surface area contributed by atoms with Gasteiger partial charge in [0.2, 0.25) is 11.8 Å². The van der Waals surface area contributed by atoms with Gasteiger partial charge in [-0.2, -0.15) is 0 Å². The van der Waals surface area contributed by atoms with Crippen LogP contribution in [0.5, 0.6) is 0 Å². The van der Waals surface area contributed by atoms with Crippen LogP contribution < -0.4 is 15.5 Å². The molecule has 158 valence electrons. The highest BCUT2D eigenvalue weighted by atomic mass is 35.5. The number of carbonyl (C=O) groups is 3. The number of rotatable bonds is 6. The summed E-state index contributed by atoms with van der Waals surface area (Å²) >= 11 is 12.3. The molecule has 2 N–H and O–H groups in total. The van der Waals surface area contributed by atoms with Crippen LogP contribution in [-0.4, -0.2) is 30.8 Å². The zero-order chi connectivity index (χ0) is 21.8. The molecule has 1 heterocycles. The number of halogens is 2. The van der Waals surface area contributed by atoms with Crippen molar-refractivity contribution >= 4 is 52.3 Å². The standard InChI is InChI=1S/C22H23Cl2N3O3/c1-13(2)11-25-22(30)15-6-3-4-8-17(15)26-21(29)14-10-19(28)27(12-14)18-9-5-7-16(23)20(18)24/h3-9,13-14H,10-12H2,1-2H3,(H,25,30)(H,26,29)/t14-/m1/s1. The van der Waals surface area contributed by atoms with Crippen LogP contribution in [0.15, 0.2) is 42.5 Å². The summed E-state index contributed by atoms with van der Waals surface area (Å²) in [6, 6.07) is 11.8. The number of benzene rings is 2. The van der Waals surface area contributed by atoms with Gasteiger partial charge in [-0.05, 0) is 30.2 Å². The van der Waals surface area contributed by atoms with Crippen molar-refractivity contribution < 1.29 is 14.4 Å². The molecule has 3 rings (SSSR count). The maximum atomic E-state index is 12.8. The summed E-state index contributed by atoms with van der Waals surface area (Å²) in [6.45, 7) is 4.73. The summed E-state index contributed by atoms with van der Waals surface area (Å²) in [6.07, 6.45) is 0.0520. The van der Waals surface area contributed by atoms with Gasteiger partial charge in [-0.15, -0.1) is 0 Å². The monoisotopic (exact) mass is 447 g/mol. The third kappa shape index (κ3) is 4.94. The normalized spacial score (nSPS) is 16.1. The van der Waals surface area contributed by atoms with Crippen LogP contribution in [0.1, 0.15) is 30.6 Å². The van der Waals surface area contributed by atoms with Gasteiger partial charge in [0.05, 0.1) is 32.9 Å². The van der Waals surface area contributed by atoms with Gasteiger partial charge in [-0.25, -0.2) is 0 Å². The van der Waals surface area contributed by atoms with E-state index in [0.29, 0.717) is 34.4 Å². The molecule has 2 aromatic rings. The van der Waals surface area contributed by atoms with E-state index in [1.807, 2.05) is 13.8 Å². The van der Waals surface area contributed by atoms with Crippen LogP contribution >= 0.6 is 23.2 Å². The summed E-state index contributed by atoms with van der Waals surface area (Å²) in [5, 5.41) is 6.27. The first-order valence-corrected chi connectivity index (χ1v) is 10.5. The average Bonchev–Trinajstić information content (AvgIpc) is 3.10. The lowest BCUT2D eigenvalue weighted by Gasteiger charge is -2.19. The van der Waals surface area contributed by atoms with Crippen molar-refractivity contribution in [2.24, 2.45) is 11.8 Å². The molecule has 0 aliphatic carbocycles. The third-order valence-corrected chi connectivity index (χ3v) is 5.63. The number of hydrogen-bond acceptors (Lipinski definition) is 3. The van der Waals surface area contributed by atoms with E-state index in [2.05, 4.69) is 10.6 Å². The Kier molecular flexibility index (Phi) is 7.00. The summed E-state index contributed by atoms with van der Waals surface area (Å²) in [5.74, 6) is -1.05. The Labute approximate surface area is 185 Å². The van der Waals surface area contributed by atoms with Gasteiger partial charge in [0.1, 0.15) is 0 Å². The molecule has 1 atom stereocenters. The lowest BCUT2D eigenvalue weighted by molar-refractivity contribution is -0.122. The molecule has 30 heavy (non-hydrogen) atoms. The lowest BCUT2D eigenvalue weighted by atomic mass is 10.1. The van der Waals surface area contributed by atoms with Crippen molar-refractivity contribution in [1.82, 2.24) is 5.32 Å². The highest BCUT2D eigenvalue weighted by molar-refractivity contribution is 6.44. The highest BCUT2D eigenvalue weighted by Crippen LogP contribution is 2.36. The number of nitrogens with one attached hydrogen (secondary N) is 2. The molecule has 1 fully saturated rings. The molecule has 6 nitrogen and oxygen atoms in total. The minimum Gasteiger partial charge on any atom is -0.352 e. The molecule has 0 aromatic heterocycles. The largest absolute Gasteiger partial charge is 0.352 e. The molecule has 1 aliphatic rings. The predicted molar refractivity (Wildman–Crippen MR) is 119 cm³/mol. The summed E-state index contributed by atoms with van der Waals surface area (Å²) in [4.78, 5) is 39.3. The Morgan fingerprint density at radius 1 is 1.13 bits per heavy atom. The van der Waals surface area contributed by atoms with Gasteiger partial charge in [-0.3, -0.25) is 14.4 Å². The summed E-state index contributed by atoms with van der Waals surface area (Å²) < 4.78 is 0. The molecule has 0 unspecified atom stereocenters. The van der Waals surface area contributed by atoms with Gasteiger partial charge in [0.25, 0.3) is 5.91 Å². The van der Waals surface area contributed by atoms with E-state index in [1.165, 1.54) is 4.90 Å². The van der Waals surface area contributed by atoms with Gasteiger partial charge >= 0.3 is 0 Å². The predicted octanol–water partition coefficient (Wildman–Crippen LogP) is 4.37. The molecular weight excluding hydrogens is 425 g/mol. The number of anilines is 2. The highest BCUT2D eigenvalue weighted by Gasteiger charge is 2.36. The van der Waals surface area contributed by atoms with Crippen LogP contribution in [0.25, 0.3) is 0 Å². The minimum atomic E-state index is -0.570. The van der Waals surface area contributed by atoms with Crippen LogP contribution in [-0.2, 0) is 9.59 Å². The molecule has 0 saturated carbocycles. The summed E-state index contributed by atoms with van der Waals surface area (Å²) in [7, 11) is 0. The number of nitrogens with zero attached hydrogens (tertiary/aromatic N) is 1. The number of hydrogen-bond donors (Lipinski definition) is 2. The fraction of sp³-hybridized carbons (Fsp3) is 0.318. The molecule has 0 spiro atoms. The smallest absolute Gasteiger partial charge is 0.253 e. The summed E-state index contributed by atoms with van der Waals surface area (Å²) in [5.41, 5.74) is 1.28. The van der Waals surface area contributed by atoms with Crippen molar-refractivity contribution in [3.63, 3.8) is 0 Å². The van der Waals surface area contributed by atoms with Gasteiger partial charge in [-0.1, -0.05) is 55.2 Å². The van der Waals surface area contributed by atoms with E-state index in [1.54, 1.807) is 42.5 Å². The van der Waals surface area contributed by atoms with Crippen LogP contribution in [0.2, 0.25) is 10.0 Å². The quantitative estimate of drug-likeness (QED) is 0.689. The van der Waals surface area contributed by atoms with E-state index in [0.717, 1.165) is 0 Å². The second-order valence-corrected chi connectivity index (χ2v) is 8.40. The number of amides is 3. The molecule has 0 bridgehead atoms. The van der Waals surface area contributed by atoms with Crippen LogP contribution in [0.4, 0.5) is 11.4 Å². The number of carbonyl (C=O) groups excluding carboxylic acids is 3. The van der Waals surface area contributed by atoms with E-state index < -0.39 is 5.92 Å². The van der Waals surface area contributed by atoms with E-state index in [9.17, 15) is 14.4 Å². The van der Waals surface area contributed by atoms with Crippen molar-refractivity contribution in [2.75, 3.05) is 23.3 Å². The van der Waals surface area contributed by atoms with E-state index >= 15 is 0 Å². The molecule has 2 aromatic carbocycles. The fourth-order valence-electron chi connectivity index (χ4n) is 3.23. The Balaban J connectivity index is 1.72. The first-order chi connectivity index (χ1) is 14.3. The zero-order valence-electron chi connectivity index (χ0n) is 16.7. The molecular formula is C22H23Cl2N3O3. The van der Waals surface area contributed by atoms with Crippen LogP contribution in [0.3, 0.4) is 0 Å². The topological polar surface area (TPSA) is 78.5 Å². The van der Waals surface area contributed by atoms with Crippen LogP contribution in [0, 0.1) is 11.8 Å². The van der Waals surface area contributed by atoms with Crippen molar-refractivity contribution in [3.8, 4) is 0 Å². The SMILES string of the molecule is CC(C)CNC(=O)c1ccccc1NC(=O)[C@@H]1CC(=O)N(c2cccc(Cl)c2Cl)C1. The first kappa shape index (κ1) is 22.1. The van der Waals surface area contributed by atoms with Gasteiger partial charge < -0.3 is 15.5 Å². The Hall–Kier alpha value is -2.57. The second kappa shape index (κ2) is 9.49. The third-order valence-electron chi connectivity index (χ3n) is 4.82. The number of para-hydroxylation sites is 1. The molecule has 3 amide bonds. The van der Waals surface area contributed by atoms with Crippen molar-refractivity contribution in [2.45, 2.75) is 20.3 Å². The van der Waals surface area contributed by atoms with Crippen molar-refractivity contribution in [3.05, 3.63) is 58.1 Å². The van der Waals surface area contributed by atoms with Gasteiger partial charge in [0, 0.05) is 19.5 Å². The molecule has 0 radical (unpaired) electrons. The minimum absolute atomic E-state index is 0.0520. The molecule has 8 heteroatoms. The first-order valence-electron chi connectivity index (χ1n) is 9.70. The van der Waals surface area contributed by atoms with E-state index in [4.69, 9.17) is 23.2 Å². The zero-order valence-corrected chi connectivity index (χ0v) is 18.3. The van der Waals surface area contributed by atoms with Gasteiger partial charge in [0.15, 0.2) is 0 Å². The Bertz CT molecular complexity index is 978. The van der Waals surface area contributed by atoms with E-state index in [-0.39, 0.29) is 35.7 Å².